The van der Waals surface area contributed by atoms with E-state index in [1.165, 1.54) is 7.11 Å². The molecule has 1 aromatic rings. The van der Waals surface area contributed by atoms with E-state index in [2.05, 4.69) is 5.32 Å². The zero-order valence-corrected chi connectivity index (χ0v) is 12.4. The number of rotatable bonds is 6. The number of methoxy groups -OCH3 is 1. The van der Waals surface area contributed by atoms with Crippen molar-refractivity contribution in [1.82, 2.24) is 10.2 Å². The number of carbonyl (C=O) groups excluding carboxylic acids is 2. The van der Waals surface area contributed by atoms with Crippen molar-refractivity contribution in [2.45, 2.75) is 25.8 Å². The summed E-state index contributed by atoms with van der Waals surface area (Å²) in [5, 5.41) is 3.17. The van der Waals surface area contributed by atoms with Gasteiger partial charge in [-0.3, -0.25) is 9.59 Å². The lowest BCUT2D eigenvalue weighted by Gasteiger charge is -2.16. The summed E-state index contributed by atoms with van der Waals surface area (Å²) in [7, 11) is 1.39. The number of hydrogen-bond donors (Lipinski definition) is 1. The van der Waals surface area contributed by atoms with E-state index in [0.29, 0.717) is 13.1 Å². The van der Waals surface area contributed by atoms with Gasteiger partial charge in [0.15, 0.2) is 0 Å². The molecular formula is C16H22N2O3. The molecule has 1 aliphatic rings. The van der Waals surface area contributed by atoms with Crippen LogP contribution >= 0.6 is 0 Å². The van der Waals surface area contributed by atoms with Gasteiger partial charge >= 0.3 is 5.97 Å². The first-order valence-electron chi connectivity index (χ1n) is 7.33. The molecule has 114 valence electrons. The van der Waals surface area contributed by atoms with Gasteiger partial charge in [0.05, 0.1) is 20.1 Å². The molecule has 0 radical (unpaired) electrons. The van der Waals surface area contributed by atoms with Crippen molar-refractivity contribution in [3.8, 4) is 0 Å². The minimum atomic E-state index is -0.254. The van der Waals surface area contributed by atoms with Gasteiger partial charge in [-0.2, -0.15) is 0 Å². The third kappa shape index (κ3) is 4.56. The van der Waals surface area contributed by atoms with E-state index >= 15 is 0 Å². The van der Waals surface area contributed by atoms with Gasteiger partial charge in [-0.15, -0.1) is 0 Å². The van der Waals surface area contributed by atoms with Crippen molar-refractivity contribution < 1.29 is 14.3 Å². The van der Waals surface area contributed by atoms with E-state index in [0.717, 1.165) is 37.1 Å². The summed E-state index contributed by atoms with van der Waals surface area (Å²) in [5.74, 6) is -0.103. The number of esters is 1. The molecule has 1 fully saturated rings. The lowest BCUT2D eigenvalue weighted by Crippen LogP contribution is -2.36. The average Bonchev–Trinajstić information content (AvgIpc) is 3.03. The SMILES string of the molecule is COC(=O)Cc1ccccc1CNCC(=O)N1CCCC1. The van der Waals surface area contributed by atoms with E-state index in [4.69, 9.17) is 4.74 Å². The molecule has 0 aliphatic carbocycles. The maximum atomic E-state index is 11.9. The molecule has 0 bridgehead atoms. The Hall–Kier alpha value is -1.88. The molecule has 1 heterocycles. The van der Waals surface area contributed by atoms with Crippen LogP contribution in [0.4, 0.5) is 0 Å². The number of benzene rings is 1. The molecule has 21 heavy (non-hydrogen) atoms. The minimum absolute atomic E-state index is 0.151. The summed E-state index contributed by atoms with van der Waals surface area (Å²) in [5.41, 5.74) is 1.96. The molecule has 1 amide bonds. The van der Waals surface area contributed by atoms with Crippen molar-refractivity contribution in [2.24, 2.45) is 0 Å². The molecule has 2 rings (SSSR count). The van der Waals surface area contributed by atoms with Crippen LogP contribution in [0.1, 0.15) is 24.0 Å². The van der Waals surface area contributed by atoms with Crippen LogP contribution in [-0.4, -0.2) is 43.5 Å². The number of hydrogen-bond acceptors (Lipinski definition) is 4. The average molecular weight is 290 g/mol. The Bertz CT molecular complexity index is 496. The van der Waals surface area contributed by atoms with E-state index in [1.54, 1.807) is 0 Å². The third-order valence-corrected chi connectivity index (χ3v) is 3.73. The van der Waals surface area contributed by atoms with E-state index < -0.39 is 0 Å². The first kappa shape index (κ1) is 15.5. The van der Waals surface area contributed by atoms with Crippen LogP contribution in [0.5, 0.6) is 0 Å². The smallest absolute Gasteiger partial charge is 0.309 e. The monoisotopic (exact) mass is 290 g/mol. The Morgan fingerprint density at radius 2 is 1.86 bits per heavy atom. The van der Waals surface area contributed by atoms with Gasteiger partial charge in [-0.25, -0.2) is 0 Å². The highest BCUT2D eigenvalue weighted by molar-refractivity contribution is 5.78. The summed E-state index contributed by atoms with van der Waals surface area (Å²) in [4.78, 5) is 25.2. The number of nitrogens with one attached hydrogen (secondary N) is 1. The topological polar surface area (TPSA) is 58.6 Å². The number of amides is 1. The summed E-state index contributed by atoms with van der Waals surface area (Å²) in [6.07, 6.45) is 2.47. The quantitative estimate of drug-likeness (QED) is 0.798. The summed E-state index contributed by atoms with van der Waals surface area (Å²) >= 11 is 0. The van der Waals surface area contributed by atoms with Gasteiger partial charge in [-0.1, -0.05) is 24.3 Å². The Balaban J connectivity index is 1.84. The maximum Gasteiger partial charge on any atom is 0.309 e. The van der Waals surface area contributed by atoms with Crippen LogP contribution in [0.3, 0.4) is 0 Å². The van der Waals surface area contributed by atoms with Gasteiger partial charge in [-0.05, 0) is 24.0 Å². The molecule has 1 aromatic carbocycles. The lowest BCUT2D eigenvalue weighted by atomic mass is 10.0. The Kier molecular flexibility index (Phi) is 5.75. The lowest BCUT2D eigenvalue weighted by molar-refractivity contribution is -0.139. The van der Waals surface area contributed by atoms with Gasteiger partial charge in [0.1, 0.15) is 0 Å². The van der Waals surface area contributed by atoms with Crippen molar-refractivity contribution >= 4 is 11.9 Å². The standard InChI is InChI=1S/C16H22N2O3/c1-21-16(20)10-13-6-2-3-7-14(13)11-17-12-15(19)18-8-4-5-9-18/h2-3,6-7,17H,4-5,8-12H2,1H3. The summed E-state index contributed by atoms with van der Waals surface area (Å²) in [6, 6.07) is 7.71. The number of likely N-dealkylation sites (tertiary alicyclic amines) is 1. The van der Waals surface area contributed by atoms with Gasteiger partial charge in [0, 0.05) is 19.6 Å². The number of nitrogens with zero attached hydrogens (tertiary/aromatic N) is 1. The highest BCUT2D eigenvalue weighted by atomic mass is 16.5. The van der Waals surface area contributed by atoms with Crippen LogP contribution < -0.4 is 5.32 Å². The van der Waals surface area contributed by atoms with Crippen molar-refractivity contribution in [2.75, 3.05) is 26.7 Å². The number of ether oxygens (including phenoxy) is 1. The zero-order valence-electron chi connectivity index (χ0n) is 12.4. The maximum absolute atomic E-state index is 11.9. The first-order valence-corrected chi connectivity index (χ1v) is 7.33. The molecule has 5 nitrogen and oxygen atoms in total. The molecule has 0 unspecified atom stereocenters. The Morgan fingerprint density at radius 3 is 2.52 bits per heavy atom. The van der Waals surface area contributed by atoms with Crippen LogP contribution in [0.25, 0.3) is 0 Å². The van der Waals surface area contributed by atoms with Crippen molar-refractivity contribution in [1.29, 1.82) is 0 Å². The largest absolute Gasteiger partial charge is 0.469 e. The van der Waals surface area contributed by atoms with Gasteiger partial charge in [0.2, 0.25) is 5.91 Å². The highest BCUT2D eigenvalue weighted by Crippen LogP contribution is 2.10. The Labute approximate surface area is 125 Å². The predicted octanol–water partition coefficient (Wildman–Crippen LogP) is 1.11. The third-order valence-electron chi connectivity index (χ3n) is 3.73. The normalized spacial score (nSPS) is 14.2. The number of carbonyl (C=O) groups is 2. The second-order valence-electron chi connectivity index (χ2n) is 5.21. The molecule has 0 saturated carbocycles. The fourth-order valence-electron chi connectivity index (χ4n) is 2.51. The van der Waals surface area contributed by atoms with Crippen LogP contribution in [0.2, 0.25) is 0 Å². The minimum Gasteiger partial charge on any atom is -0.469 e. The van der Waals surface area contributed by atoms with E-state index in [1.807, 2.05) is 29.2 Å². The zero-order chi connectivity index (χ0) is 15.1. The van der Waals surface area contributed by atoms with E-state index in [-0.39, 0.29) is 18.3 Å². The van der Waals surface area contributed by atoms with Crippen LogP contribution in [0.15, 0.2) is 24.3 Å². The van der Waals surface area contributed by atoms with Crippen molar-refractivity contribution in [3.05, 3.63) is 35.4 Å². The van der Waals surface area contributed by atoms with Crippen LogP contribution in [0, 0.1) is 0 Å². The molecule has 1 saturated heterocycles. The molecule has 5 heteroatoms. The molecule has 0 atom stereocenters. The molecule has 1 aliphatic heterocycles. The fraction of sp³-hybridized carbons (Fsp3) is 0.500. The molecular weight excluding hydrogens is 268 g/mol. The summed E-state index contributed by atoms with van der Waals surface area (Å²) in [6.45, 7) is 2.66. The molecule has 0 spiro atoms. The van der Waals surface area contributed by atoms with Crippen molar-refractivity contribution in [3.63, 3.8) is 0 Å². The molecule has 1 N–H and O–H groups in total. The van der Waals surface area contributed by atoms with Gasteiger partial charge in [0.25, 0.3) is 0 Å². The molecule has 0 aromatic heterocycles. The van der Waals surface area contributed by atoms with E-state index in [9.17, 15) is 9.59 Å². The summed E-state index contributed by atoms with van der Waals surface area (Å²) < 4.78 is 4.70. The Morgan fingerprint density at radius 1 is 1.19 bits per heavy atom. The fourth-order valence-corrected chi connectivity index (χ4v) is 2.51. The second-order valence-corrected chi connectivity index (χ2v) is 5.21. The second kappa shape index (κ2) is 7.78. The predicted molar refractivity (Wildman–Crippen MR) is 79.7 cm³/mol. The van der Waals surface area contributed by atoms with Gasteiger partial charge < -0.3 is 15.0 Å². The highest BCUT2D eigenvalue weighted by Gasteiger charge is 2.17. The van der Waals surface area contributed by atoms with Crippen LogP contribution in [-0.2, 0) is 27.3 Å². The first-order chi connectivity index (χ1) is 10.2.